The first-order valence-corrected chi connectivity index (χ1v) is 6.59. The number of H-pyrrole nitrogens is 1. The lowest BCUT2D eigenvalue weighted by Gasteiger charge is -2.06. The van der Waals surface area contributed by atoms with E-state index in [-0.39, 0.29) is 10.8 Å². The molecular weight excluding hydrogens is 254 g/mol. The van der Waals surface area contributed by atoms with Crippen LogP contribution in [0.3, 0.4) is 0 Å². The molecule has 0 radical (unpaired) electrons. The number of carbonyl (C=O) groups excluding carboxylic acids is 1. The van der Waals surface area contributed by atoms with E-state index in [1.807, 2.05) is 0 Å². The predicted octanol–water partition coefficient (Wildman–Crippen LogP) is 1.41. The Bertz CT molecular complexity index is 645. The van der Waals surface area contributed by atoms with E-state index in [1.54, 1.807) is 12.1 Å². The molecule has 6 nitrogen and oxygen atoms in total. The summed E-state index contributed by atoms with van der Waals surface area (Å²) in [5, 5.41) is -0.0156. The van der Waals surface area contributed by atoms with Crippen molar-refractivity contribution in [3.63, 3.8) is 0 Å². The van der Waals surface area contributed by atoms with E-state index in [9.17, 15) is 13.2 Å². The molecule has 94 valence electrons. The minimum atomic E-state index is -3.66. The molecular formula is C11H11N3O3S. The van der Waals surface area contributed by atoms with Gasteiger partial charge in [-0.25, -0.2) is 4.98 Å². The average molecular weight is 265 g/mol. The molecule has 1 aromatic carbocycles. The number of Topliss-reactive ketones (excluding diaryl/α,β-unsaturated/α-hetero) is 1. The highest BCUT2D eigenvalue weighted by molar-refractivity contribution is 7.92. The number of anilines is 1. The smallest absolute Gasteiger partial charge is 0.278 e. The largest absolute Gasteiger partial charge is 0.334 e. The van der Waals surface area contributed by atoms with E-state index in [1.165, 1.54) is 31.6 Å². The van der Waals surface area contributed by atoms with Crippen molar-refractivity contribution in [1.29, 1.82) is 0 Å². The molecule has 1 aromatic heterocycles. The van der Waals surface area contributed by atoms with Crippen LogP contribution in [-0.4, -0.2) is 24.2 Å². The Labute approximate surface area is 104 Å². The molecule has 0 spiro atoms. The van der Waals surface area contributed by atoms with E-state index in [0.29, 0.717) is 11.3 Å². The summed E-state index contributed by atoms with van der Waals surface area (Å²) in [6.45, 7) is 1.45. The topological polar surface area (TPSA) is 91.9 Å². The molecule has 0 fully saturated rings. The molecule has 7 heteroatoms. The number of ketones is 1. The molecule has 2 rings (SSSR count). The monoisotopic (exact) mass is 265 g/mol. The van der Waals surface area contributed by atoms with Gasteiger partial charge in [-0.3, -0.25) is 9.52 Å². The standard InChI is InChI=1S/C11H11N3O3S/c1-8(15)9-2-4-10(5-3-9)14-18(16,17)11-6-12-7-13-11/h2-7,14H,1H3,(H,12,13). The first-order valence-electron chi connectivity index (χ1n) is 5.11. The van der Waals surface area contributed by atoms with Gasteiger partial charge in [-0.15, -0.1) is 0 Å². The van der Waals surface area contributed by atoms with Gasteiger partial charge in [0.05, 0.1) is 12.5 Å². The third kappa shape index (κ3) is 2.57. The molecule has 0 aliphatic carbocycles. The van der Waals surface area contributed by atoms with Gasteiger partial charge in [0.15, 0.2) is 10.8 Å². The maximum absolute atomic E-state index is 11.8. The number of carbonyl (C=O) groups is 1. The highest BCUT2D eigenvalue weighted by Crippen LogP contribution is 2.14. The van der Waals surface area contributed by atoms with E-state index in [2.05, 4.69) is 14.7 Å². The van der Waals surface area contributed by atoms with Crippen molar-refractivity contribution in [3.05, 3.63) is 42.4 Å². The van der Waals surface area contributed by atoms with Gasteiger partial charge in [0, 0.05) is 11.3 Å². The number of imidazole rings is 1. The first-order chi connectivity index (χ1) is 8.49. The summed E-state index contributed by atoms with van der Waals surface area (Å²) in [6, 6.07) is 6.19. The molecule has 0 bridgehead atoms. The van der Waals surface area contributed by atoms with Crippen LogP contribution in [0.4, 0.5) is 5.69 Å². The van der Waals surface area contributed by atoms with Crippen LogP contribution in [0, 0.1) is 0 Å². The van der Waals surface area contributed by atoms with Crippen LogP contribution in [0.1, 0.15) is 17.3 Å². The third-order valence-corrected chi connectivity index (χ3v) is 3.61. The summed E-state index contributed by atoms with van der Waals surface area (Å²) >= 11 is 0. The fourth-order valence-corrected chi connectivity index (χ4v) is 2.34. The minimum absolute atomic E-state index is 0.0156. The van der Waals surface area contributed by atoms with Crippen LogP contribution in [0.2, 0.25) is 0 Å². The summed E-state index contributed by atoms with van der Waals surface area (Å²) in [5.41, 5.74) is 0.911. The van der Waals surface area contributed by atoms with Gasteiger partial charge < -0.3 is 4.98 Å². The van der Waals surface area contributed by atoms with Gasteiger partial charge in [-0.05, 0) is 31.2 Å². The number of hydrogen-bond donors (Lipinski definition) is 2. The Morgan fingerprint density at radius 1 is 1.28 bits per heavy atom. The van der Waals surface area contributed by atoms with E-state index in [0.717, 1.165) is 0 Å². The summed E-state index contributed by atoms with van der Waals surface area (Å²) in [7, 11) is -3.66. The number of nitrogens with one attached hydrogen (secondary N) is 2. The highest BCUT2D eigenvalue weighted by Gasteiger charge is 2.15. The third-order valence-electron chi connectivity index (χ3n) is 2.31. The average Bonchev–Trinajstić information content (AvgIpc) is 2.83. The van der Waals surface area contributed by atoms with Crippen LogP contribution in [0.5, 0.6) is 0 Å². The van der Waals surface area contributed by atoms with Crippen molar-refractivity contribution in [2.75, 3.05) is 4.72 Å². The van der Waals surface area contributed by atoms with Gasteiger partial charge in [0.2, 0.25) is 0 Å². The van der Waals surface area contributed by atoms with E-state index in [4.69, 9.17) is 0 Å². The first kappa shape index (κ1) is 12.3. The molecule has 0 saturated carbocycles. The number of hydrogen-bond acceptors (Lipinski definition) is 4. The van der Waals surface area contributed by atoms with Gasteiger partial charge in [-0.1, -0.05) is 0 Å². The molecule has 0 saturated heterocycles. The van der Waals surface area contributed by atoms with Crippen molar-refractivity contribution >= 4 is 21.5 Å². The lowest BCUT2D eigenvalue weighted by atomic mass is 10.1. The maximum Gasteiger partial charge on any atom is 0.278 e. The molecule has 0 aliphatic heterocycles. The van der Waals surface area contributed by atoms with Gasteiger partial charge in [0.1, 0.15) is 0 Å². The minimum Gasteiger partial charge on any atom is -0.334 e. The van der Waals surface area contributed by atoms with Crippen LogP contribution in [0.25, 0.3) is 0 Å². The van der Waals surface area contributed by atoms with Crippen molar-refractivity contribution in [1.82, 2.24) is 9.97 Å². The van der Waals surface area contributed by atoms with Crippen LogP contribution in [0.15, 0.2) is 41.8 Å². The van der Waals surface area contributed by atoms with Crippen molar-refractivity contribution in [2.45, 2.75) is 11.9 Å². The quantitative estimate of drug-likeness (QED) is 0.817. The maximum atomic E-state index is 11.8. The molecule has 18 heavy (non-hydrogen) atoms. The van der Waals surface area contributed by atoms with Crippen molar-refractivity contribution < 1.29 is 13.2 Å². The highest BCUT2D eigenvalue weighted by atomic mass is 32.2. The van der Waals surface area contributed by atoms with Gasteiger partial charge in [0.25, 0.3) is 10.0 Å². The van der Waals surface area contributed by atoms with Crippen molar-refractivity contribution in [3.8, 4) is 0 Å². The fraction of sp³-hybridized carbons (Fsp3) is 0.0909. The summed E-state index contributed by atoms with van der Waals surface area (Å²) in [6.07, 6.45) is 2.50. The molecule has 0 aliphatic rings. The Morgan fingerprint density at radius 2 is 1.94 bits per heavy atom. The zero-order chi connectivity index (χ0) is 13.2. The molecule has 2 N–H and O–H groups in total. The van der Waals surface area contributed by atoms with E-state index < -0.39 is 10.0 Å². The Balaban J connectivity index is 2.22. The zero-order valence-corrected chi connectivity index (χ0v) is 10.4. The summed E-state index contributed by atoms with van der Waals surface area (Å²) in [4.78, 5) is 17.2. The Kier molecular flexibility index (Phi) is 3.15. The molecule has 0 unspecified atom stereocenters. The molecule has 0 atom stereocenters. The van der Waals surface area contributed by atoms with Crippen molar-refractivity contribution in [2.24, 2.45) is 0 Å². The lowest BCUT2D eigenvalue weighted by molar-refractivity contribution is 0.101. The number of aromatic amines is 1. The zero-order valence-electron chi connectivity index (χ0n) is 9.54. The molecule has 0 amide bonds. The van der Waals surface area contributed by atoms with E-state index >= 15 is 0 Å². The second-order valence-corrected chi connectivity index (χ2v) is 5.31. The van der Waals surface area contributed by atoms with Gasteiger partial charge >= 0.3 is 0 Å². The lowest BCUT2D eigenvalue weighted by Crippen LogP contribution is -2.13. The Hall–Kier alpha value is -2.15. The number of aromatic nitrogens is 2. The normalized spacial score (nSPS) is 11.2. The molecule has 2 aromatic rings. The second kappa shape index (κ2) is 4.61. The Morgan fingerprint density at radius 3 is 2.44 bits per heavy atom. The summed E-state index contributed by atoms with van der Waals surface area (Å²) in [5.74, 6) is -0.0713. The van der Waals surface area contributed by atoms with Gasteiger partial charge in [-0.2, -0.15) is 8.42 Å². The van der Waals surface area contributed by atoms with Crippen LogP contribution in [-0.2, 0) is 10.0 Å². The van der Waals surface area contributed by atoms with Crippen LogP contribution >= 0.6 is 0 Å². The SMILES string of the molecule is CC(=O)c1ccc(NS(=O)(=O)c2cnc[nH]2)cc1. The predicted molar refractivity (Wildman–Crippen MR) is 65.8 cm³/mol. The fourth-order valence-electron chi connectivity index (χ4n) is 1.37. The second-order valence-electron chi connectivity index (χ2n) is 3.65. The summed E-state index contributed by atoms with van der Waals surface area (Å²) < 4.78 is 26.0. The number of benzene rings is 1. The molecule has 1 heterocycles. The number of sulfonamides is 1. The number of nitrogens with zero attached hydrogens (tertiary/aromatic N) is 1. The number of rotatable bonds is 4. The van der Waals surface area contributed by atoms with Crippen LogP contribution < -0.4 is 4.72 Å².